The normalized spacial score (nSPS) is 20.2. The van der Waals surface area contributed by atoms with Gasteiger partial charge in [-0.1, -0.05) is 28.9 Å². The van der Waals surface area contributed by atoms with Crippen LogP contribution in [-0.2, 0) is 11.2 Å². The van der Waals surface area contributed by atoms with Gasteiger partial charge in [0.1, 0.15) is 0 Å². The SMILES string of the molecule is CCC1CN(c2ccc(CCN)c(Br)c2)CCO1. The number of hydrogen-bond acceptors (Lipinski definition) is 3. The summed E-state index contributed by atoms with van der Waals surface area (Å²) in [5.74, 6) is 0. The van der Waals surface area contributed by atoms with Crippen LogP contribution in [-0.4, -0.2) is 32.3 Å². The minimum Gasteiger partial charge on any atom is -0.375 e. The van der Waals surface area contributed by atoms with Crippen LogP contribution in [0.3, 0.4) is 0 Å². The fraction of sp³-hybridized carbons (Fsp3) is 0.571. The van der Waals surface area contributed by atoms with Crippen LogP contribution >= 0.6 is 15.9 Å². The van der Waals surface area contributed by atoms with Crippen molar-refractivity contribution in [1.82, 2.24) is 0 Å². The number of nitrogens with zero attached hydrogens (tertiary/aromatic N) is 1. The molecule has 2 N–H and O–H groups in total. The summed E-state index contributed by atoms with van der Waals surface area (Å²) >= 11 is 3.63. The van der Waals surface area contributed by atoms with Gasteiger partial charge in [0.2, 0.25) is 0 Å². The Morgan fingerprint density at radius 2 is 2.33 bits per heavy atom. The number of benzene rings is 1. The summed E-state index contributed by atoms with van der Waals surface area (Å²) in [7, 11) is 0. The van der Waals surface area contributed by atoms with Crippen molar-refractivity contribution < 1.29 is 4.74 Å². The highest BCUT2D eigenvalue weighted by Gasteiger charge is 2.19. The first kappa shape index (κ1) is 13.8. The summed E-state index contributed by atoms with van der Waals surface area (Å²) < 4.78 is 6.86. The van der Waals surface area contributed by atoms with E-state index in [1.54, 1.807) is 0 Å². The Bertz CT molecular complexity index is 397. The summed E-state index contributed by atoms with van der Waals surface area (Å²) in [4.78, 5) is 2.40. The standard InChI is InChI=1S/C14H21BrN2O/c1-2-13-10-17(7-8-18-13)12-4-3-11(5-6-16)14(15)9-12/h3-4,9,13H,2,5-8,10,16H2,1H3. The van der Waals surface area contributed by atoms with Gasteiger partial charge >= 0.3 is 0 Å². The average Bonchev–Trinajstić information content (AvgIpc) is 2.41. The number of nitrogens with two attached hydrogens (primary N) is 1. The average molecular weight is 313 g/mol. The second kappa shape index (κ2) is 6.55. The fourth-order valence-electron chi connectivity index (χ4n) is 2.29. The molecular weight excluding hydrogens is 292 g/mol. The summed E-state index contributed by atoms with van der Waals surface area (Å²) in [6.45, 7) is 5.64. The molecule has 3 nitrogen and oxygen atoms in total. The molecule has 0 aliphatic carbocycles. The van der Waals surface area contributed by atoms with Gasteiger partial charge in [-0.3, -0.25) is 0 Å². The van der Waals surface area contributed by atoms with Crippen molar-refractivity contribution in [2.75, 3.05) is 31.1 Å². The molecule has 0 aromatic heterocycles. The van der Waals surface area contributed by atoms with Crippen LogP contribution < -0.4 is 10.6 Å². The second-order valence-electron chi connectivity index (χ2n) is 4.66. The summed E-state index contributed by atoms with van der Waals surface area (Å²) in [6, 6.07) is 6.56. The van der Waals surface area contributed by atoms with E-state index in [0.717, 1.165) is 37.0 Å². The lowest BCUT2D eigenvalue weighted by Gasteiger charge is -2.34. The van der Waals surface area contributed by atoms with E-state index < -0.39 is 0 Å². The highest BCUT2D eigenvalue weighted by Crippen LogP contribution is 2.26. The van der Waals surface area contributed by atoms with Gasteiger partial charge in [0.25, 0.3) is 0 Å². The topological polar surface area (TPSA) is 38.5 Å². The molecule has 0 amide bonds. The van der Waals surface area contributed by atoms with E-state index in [9.17, 15) is 0 Å². The Morgan fingerprint density at radius 3 is 3.00 bits per heavy atom. The highest BCUT2D eigenvalue weighted by atomic mass is 79.9. The zero-order chi connectivity index (χ0) is 13.0. The van der Waals surface area contributed by atoms with Crippen molar-refractivity contribution in [2.24, 2.45) is 5.73 Å². The smallest absolute Gasteiger partial charge is 0.0748 e. The summed E-state index contributed by atoms with van der Waals surface area (Å²) in [5, 5.41) is 0. The predicted molar refractivity (Wildman–Crippen MR) is 79.1 cm³/mol. The molecule has 1 atom stereocenters. The molecule has 1 aliphatic heterocycles. The molecule has 1 aliphatic rings. The Labute approximate surface area is 117 Å². The second-order valence-corrected chi connectivity index (χ2v) is 5.52. The minimum absolute atomic E-state index is 0.362. The van der Waals surface area contributed by atoms with Gasteiger partial charge in [-0.05, 0) is 37.1 Å². The van der Waals surface area contributed by atoms with Crippen LogP contribution in [0.5, 0.6) is 0 Å². The predicted octanol–water partition coefficient (Wildman–Crippen LogP) is 2.57. The minimum atomic E-state index is 0.362. The van der Waals surface area contributed by atoms with E-state index >= 15 is 0 Å². The van der Waals surface area contributed by atoms with Gasteiger partial charge in [0, 0.05) is 23.2 Å². The molecular formula is C14H21BrN2O. The monoisotopic (exact) mass is 312 g/mol. The molecule has 100 valence electrons. The molecule has 1 heterocycles. The number of halogens is 1. The van der Waals surface area contributed by atoms with E-state index in [4.69, 9.17) is 10.5 Å². The van der Waals surface area contributed by atoms with E-state index in [1.807, 2.05) is 0 Å². The van der Waals surface area contributed by atoms with Crippen molar-refractivity contribution in [1.29, 1.82) is 0 Å². The molecule has 0 saturated carbocycles. The molecule has 4 heteroatoms. The summed E-state index contributed by atoms with van der Waals surface area (Å²) in [6.07, 6.45) is 2.35. The first-order chi connectivity index (χ1) is 8.74. The van der Waals surface area contributed by atoms with Gasteiger partial charge < -0.3 is 15.4 Å². The number of ether oxygens (including phenoxy) is 1. The van der Waals surface area contributed by atoms with E-state index in [-0.39, 0.29) is 0 Å². The summed E-state index contributed by atoms with van der Waals surface area (Å²) in [5.41, 5.74) is 8.15. The largest absolute Gasteiger partial charge is 0.375 e. The molecule has 1 unspecified atom stereocenters. The molecule has 0 radical (unpaired) electrons. The van der Waals surface area contributed by atoms with E-state index in [0.29, 0.717) is 12.6 Å². The zero-order valence-corrected chi connectivity index (χ0v) is 12.4. The molecule has 0 bridgehead atoms. The third-order valence-corrected chi connectivity index (χ3v) is 4.15. The molecule has 1 fully saturated rings. The van der Waals surface area contributed by atoms with Crippen molar-refractivity contribution in [3.05, 3.63) is 28.2 Å². The lowest BCUT2D eigenvalue weighted by Crippen LogP contribution is -2.42. The lowest BCUT2D eigenvalue weighted by molar-refractivity contribution is 0.0384. The number of morpholine rings is 1. The van der Waals surface area contributed by atoms with Crippen molar-refractivity contribution in [3.8, 4) is 0 Å². The van der Waals surface area contributed by atoms with E-state index in [2.05, 4.69) is 46.0 Å². The number of anilines is 1. The molecule has 2 rings (SSSR count). The van der Waals surface area contributed by atoms with Gasteiger partial charge in [0.05, 0.1) is 12.7 Å². The van der Waals surface area contributed by atoms with Crippen LogP contribution in [0.4, 0.5) is 5.69 Å². The van der Waals surface area contributed by atoms with Gasteiger partial charge in [-0.15, -0.1) is 0 Å². The number of rotatable bonds is 4. The maximum atomic E-state index is 5.70. The first-order valence-electron chi connectivity index (χ1n) is 6.59. The van der Waals surface area contributed by atoms with Gasteiger partial charge in [0.15, 0.2) is 0 Å². The Kier molecular flexibility index (Phi) is 5.03. The van der Waals surface area contributed by atoms with E-state index in [1.165, 1.54) is 11.3 Å². The lowest BCUT2D eigenvalue weighted by atomic mass is 10.1. The first-order valence-corrected chi connectivity index (χ1v) is 7.39. The Hall–Kier alpha value is -0.580. The van der Waals surface area contributed by atoms with Gasteiger partial charge in [-0.25, -0.2) is 0 Å². The maximum absolute atomic E-state index is 5.70. The van der Waals surface area contributed by atoms with Crippen molar-refractivity contribution >= 4 is 21.6 Å². The Balaban J connectivity index is 2.10. The molecule has 1 aromatic rings. The van der Waals surface area contributed by atoms with Gasteiger partial charge in [-0.2, -0.15) is 0 Å². The van der Waals surface area contributed by atoms with Crippen LogP contribution in [0.25, 0.3) is 0 Å². The quantitative estimate of drug-likeness (QED) is 0.928. The molecule has 1 saturated heterocycles. The van der Waals surface area contributed by atoms with Crippen LogP contribution in [0, 0.1) is 0 Å². The zero-order valence-electron chi connectivity index (χ0n) is 10.9. The van der Waals surface area contributed by atoms with Crippen molar-refractivity contribution in [3.63, 3.8) is 0 Å². The molecule has 18 heavy (non-hydrogen) atoms. The highest BCUT2D eigenvalue weighted by molar-refractivity contribution is 9.10. The maximum Gasteiger partial charge on any atom is 0.0748 e. The van der Waals surface area contributed by atoms with Crippen LogP contribution in [0.15, 0.2) is 22.7 Å². The fourth-order valence-corrected chi connectivity index (χ4v) is 2.86. The Morgan fingerprint density at radius 1 is 1.50 bits per heavy atom. The number of hydrogen-bond donors (Lipinski definition) is 1. The van der Waals surface area contributed by atoms with Crippen LogP contribution in [0.2, 0.25) is 0 Å². The third kappa shape index (κ3) is 3.25. The van der Waals surface area contributed by atoms with Crippen LogP contribution in [0.1, 0.15) is 18.9 Å². The molecule has 1 aromatic carbocycles. The third-order valence-electron chi connectivity index (χ3n) is 3.41. The molecule has 0 spiro atoms. The van der Waals surface area contributed by atoms with Crippen molar-refractivity contribution in [2.45, 2.75) is 25.9 Å².